The quantitative estimate of drug-likeness (QED) is 0.701. The van der Waals surface area contributed by atoms with Crippen LogP contribution in [0, 0.1) is 5.92 Å². The summed E-state index contributed by atoms with van der Waals surface area (Å²) in [6.07, 6.45) is 7.20. The lowest BCUT2D eigenvalue weighted by atomic mass is 9.99. The van der Waals surface area contributed by atoms with E-state index in [-0.39, 0.29) is 17.7 Å². The number of rotatable bonds is 6. The van der Waals surface area contributed by atoms with Crippen LogP contribution in [-0.4, -0.2) is 57.4 Å². The lowest BCUT2D eigenvalue weighted by Crippen LogP contribution is -2.45. The van der Waals surface area contributed by atoms with Gasteiger partial charge in [0.2, 0.25) is 10.0 Å². The van der Waals surface area contributed by atoms with Gasteiger partial charge in [-0.25, -0.2) is 18.4 Å². The van der Waals surface area contributed by atoms with Gasteiger partial charge in [-0.05, 0) is 50.9 Å². The number of piperidine rings is 1. The van der Waals surface area contributed by atoms with Crippen LogP contribution in [0.1, 0.15) is 44.9 Å². The van der Waals surface area contributed by atoms with E-state index in [1.54, 1.807) is 4.90 Å². The van der Waals surface area contributed by atoms with E-state index in [4.69, 9.17) is 9.88 Å². The third-order valence-corrected chi connectivity index (χ3v) is 5.56. The first kappa shape index (κ1) is 18.5. The van der Waals surface area contributed by atoms with Crippen molar-refractivity contribution in [3.63, 3.8) is 0 Å². The molecule has 0 saturated carbocycles. The molecule has 2 amide bonds. The molecule has 2 aliphatic rings. The highest BCUT2D eigenvalue weighted by molar-refractivity contribution is 7.89. The zero-order valence-electron chi connectivity index (χ0n) is 13.7. The molecule has 0 aromatic heterocycles. The van der Waals surface area contributed by atoms with Crippen molar-refractivity contribution in [1.29, 1.82) is 0 Å². The molecule has 0 aliphatic carbocycles. The van der Waals surface area contributed by atoms with E-state index in [0.29, 0.717) is 38.6 Å². The zero-order valence-corrected chi connectivity index (χ0v) is 14.5. The van der Waals surface area contributed by atoms with Gasteiger partial charge in [0.25, 0.3) is 0 Å². The summed E-state index contributed by atoms with van der Waals surface area (Å²) < 4.78 is 27.9. The van der Waals surface area contributed by atoms with Gasteiger partial charge in [-0.2, -0.15) is 0 Å². The van der Waals surface area contributed by atoms with Gasteiger partial charge in [0.15, 0.2) is 0 Å². The SMILES string of the molecule is NS(=O)(=O)CC1CCN(C(=O)NCCCC2CCCCO2)CC1. The number of likely N-dealkylation sites (tertiary alicyclic amines) is 1. The van der Waals surface area contributed by atoms with Crippen LogP contribution in [0.4, 0.5) is 4.79 Å². The number of carbonyl (C=O) groups excluding carboxylic acids is 1. The highest BCUT2D eigenvalue weighted by Gasteiger charge is 2.25. The van der Waals surface area contributed by atoms with E-state index in [1.165, 1.54) is 6.42 Å². The molecule has 23 heavy (non-hydrogen) atoms. The van der Waals surface area contributed by atoms with Crippen LogP contribution in [0.25, 0.3) is 0 Å². The Balaban J connectivity index is 1.57. The molecule has 1 atom stereocenters. The number of nitrogens with two attached hydrogens (primary N) is 1. The molecule has 2 aliphatic heterocycles. The van der Waals surface area contributed by atoms with Crippen LogP contribution in [-0.2, 0) is 14.8 Å². The average molecular weight is 347 g/mol. The molecular formula is C15H29N3O4S. The maximum Gasteiger partial charge on any atom is 0.317 e. The summed E-state index contributed by atoms with van der Waals surface area (Å²) in [6.45, 7) is 2.72. The maximum atomic E-state index is 12.1. The fourth-order valence-electron chi connectivity index (χ4n) is 3.30. The Labute approximate surface area is 139 Å². The number of amides is 2. The second-order valence-corrected chi connectivity index (χ2v) is 8.28. The number of sulfonamides is 1. The highest BCUT2D eigenvalue weighted by Crippen LogP contribution is 2.19. The topological polar surface area (TPSA) is 102 Å². The van der Waals surface area contributed by atoms with Crippen molar-refractivity contribution < 1.29 is 17.9 Å². The van der Waals surface area contributed by atoms with E-state index in [1.807, 2.05) is 0 Å². The molecular weight excluding hydrogens is 318 g/mol. The van der Waals surface area contributed by atoms with Gasteiger partial charge in [0.1, 0.15) is 0 Å². The monoisotopic (exact) mass is 347 g/mol. The van der Waals surface area contributed by atoms with Crippen molar-refractivity contribution in [2.45, 2.75) is 51.0 Å². The Bertz CT molecular complexity index is 469. The average Bonchev–Trinajstić information content (AvgIpc) is 2.51. The summed E-state index contributed by atoms with van der Waals surface area (Å²) in [5.74, 6) is 0.0848. The molecule has 8 heteroatoms. The third-order valence-electron chi connectivity index (χ3n) is 4.62. The van der Waals surface area contributed by atoms with Gasteiger partial charge in [0.05, 0.1) is 11.9 Å². The maximum absolute atomic E-state index is 12.1. The third kappa shape index (κ3) is 7.05. The number of hydrogen-bond donors (Lipinski definition) is 2. The molecule has 0 spiro atoms. The molecule has 2 fully saturated rings. The van der Waals surface area contributed by atoms with Crippen molar-refractivity contribution >= 4 is 16.1 Å². The predicted octanol–water partition coefficient (Wildman–Crippen LogP) is 1.05. The molecule has 0 bridgehead atoms. The second-order valence-electron chi connectivity index (χ2n) is 6.62. The summed E-state index contributed by atoms with van der Waals surface area (Å²) in [6, 6.07) is -0.0522. The lowest BCUT2D eigenvalue weighted by molar-refractivity contribution is 0.0102. The number of nitrogens with zero attached hydrogens (tertiary/aromatic N) is 1. The van der Waals surface area contributed by atoms with Crippen molar-refractivity contribution in [3.8, 4) is 0 Å². The normalized spacial score (nSPS) is 23.7. The Kier molecular flexibility index (Phi) is 7.10. The Morgan fingerprint density at radius 3 is 2.57 bits per heavy atom. The van der Waals surface area contributed by atoms with Gasteiger partial charge in [0, 0.05) is 26.2 Å². The molecule has 7 nitrogen and oxygen atoms in total. The minimum absolute atomic E-state index is 0.0177. The van der Waals surface area contributed by atoms with Crippen LogP contribution < -0.4 is 10.5 Å². The molecule has 0 aromatic rings. The minimum Gasteiger partial charge on any atom is -0.378 e. The molecule has 0 radical (unpaired) electrons. The number of ether oxygens (including phenoxy) is 1. The lowest BCUT2D eigenvalue weighted by Gasteiger charge is -2.31. The van der Waals surface area contributed by atoms with Crippen molar-refractivity contribution in [3.05, 3.63) is 0 Å². The fourth-order valence-corrected chi connectivity index (χ4v) is 4.29. The largest absolute Gasteiger partial charge is 0.378 e. The summed E-state index contributed by atoms with van der Waals surface area (Å²) in [4.78, 5) is 13.8. The first-order valence-corrected chi connectivity index (χ1v) is 10.3. The Morgan fingerprint density at radius 2 is 1.96 bits per heavy atom. The van der Waals surface area contributed by atoms with E-state index in [2.05, 4.69) is 5.32 Å². The Morgan fingerprint density at radius 1 is 1.22 bits per heavy atom. The number of urea groups is 1. The van der Waals surface area contributed by atoms with E-state index in [0.717, 1.165) is 32.3 Å². The molecule has 2 heterocycles. The van der Waals surface area contributed by atoms with Gasteiger partial charge >= 0.3 is 6.03 Å². The van der Waals surface area contributed by atoms with E-state index in [9.17, 15) is 13.2 Å². The van der Waals surface area contributed by atoms with Crippen molar-refractivity contribution in [2.75, 3.05) is 32.0 Å². The first-order chi connectivity index (χ1) is 10.9. The second kappa shape index (κ2) is 8.84. The molecule has 2 rings (SSSR count). The van der Waals surface area contributed by atoms with Gasteiger partial charge in [-0.3, -0.25) is 0 Å². The van der Waals surface area contributed by atoms with Gasteiger partial charge in [-0.1, -0.05) is 0 Å². The molecule has 3 N–H and O–H groups in total. The first-order valence-electron chi connectivity index (χ1n) is 8.59. The van der Waals surface area contributed by atoms with Crippen molar-refractivity contribution in [2.24, 2.45) is 11.1 Å². The Hall–Kier alpha value is -0.860. The van der Waals surface area contributed by atoms with Crippen LogP contribution >= 0.6 is 0 Å². The summed E-state index contributed by atoms with van der Waals surface area (Å²) in [5.41, 5.74) is 0. The standard InChI is InChI=1S/C15H29N3O4S/c16-23(20,21)12-13-6-9-18(10-7-13)15(19)17-8-3-5-14-4-1-2-11-22-14/h13-14H,1-12H2,(H,17,19)(H2,16,20,21). The highest BCUT2D eigenvalue weighted by atomic mass is 32.2. The smallest absolute Gasteiger partial charge is 0.317 e. The summed E-state index contributed by atoms with van der Waals surface area (Å²) in [7, 11) is -3.42. The number of nitrogens with one attached hydrogen (secondary N) is 1. The van der Waals surface area contributed by atoms with Crippen LogP contribution in [0.3, 0.4) is 0 Å². The van der Waals surface area contributed by atoms with Crippen molar-refractivity contribution in [1.82, 2.24) is 10.2 Å². The summed E-state index contributed by atoms with van der Waals surface area (Å²) in [5, 5.41) is 8.02. The van der Waals surface area contributed by atoms with Gasteiger partial charge in [-0.15, -0.1) is 0 Å². The molecule has 0 aromatic carbocycles. The summed E-state index contributed by atoms with van der Waals surface area (Å²) >= 11 is 0. The minimum atomic E-state index is -3.42. The fraction of sp³-hybridized carbons (Fsp3) is 0.933. The van der Waals surface area contributed by atoms with Crippen LogP contribution in [0.2, 0.25) is 0 Å². The van der Waals surface area contributed by atoms with Crippen LogP contribution in [0.5, 0.6) is 0 Å². The predicted molar refractivity (Wildman–Crippen MR) is 88.5 cm³/mol. The van der Waals surface area contributed by atoms with E-state index >= 15 is 0 Å². The number of primary sulfonamides is 1. The van der Waals surface area contributed by atoms with Gasteiger partial charge < -0.3 is 15.0 Å². The van der Waals surface area contributed by atoms with E-state index < -0.39 is 10.0 Å². The molecule has 2 saturated heterocycles. The number of hydrogen-bond acceptors (Lipinski definition) is 4. The van der Waals surface area contributed by atoms with Crippen LogP contribution in [0.15, 0.2) is 0 Å². The zero-order chi connectivity index (χ0) is 16.7. The number of carbonyl (C=O) groups is 1. The molecule has 134 valence electrons. The molecule has 1 unspecified atom stereocenters.